The zero-order chi connectivity index (χ0) is 13.1. The Labute approximate surface area is 110 Å². The summed E-state index contributed by atoms with van der Waals surface area (Å²) < 4.78 is 13.6. The highest BCUT2D eigenvalue weighted by atomic mass is 19.1. The van der Waals surface area contributed by atoms with Crippen molar-refractivity contribution in [3.8, 4) is 5.75 Å². The third-order valence-electron chi connectivity index (χ3n) is 5.23. The van der Waals surface area contributed by atoms with Crippen LogP contribution in [0, 0.1) is 29.5 Å². The van der Waals surface area contributed by atoms with Gasteiger partial charge in [0.25, 0.3) is 5.91 Å². The molecule has 4 rings (SSSR count). The van der Waals surface area contributed by atoms with Gasteiger partial charge in [-0.3, -0.25) is 4.79 Å². The van der Waals surface area contributed by atoms with Gasteiger partial charge in [-0.15, -0.1) is 0 Å². The summed E-state index contributed by atoms with van der Waals surface area (Å²) in [5.74, 6) is 1.68. The van der Waals surface area contributed by atoms with Crippen LogP contribution in [0.15, 0.2) is 18.2 Å². The van der Waals surface area contributed by atoms with Crippen LogP contribution < -0.4 is 5.32 Å². The van der Waals surface area contributed by atoms with E-state index in [4.69, 9.17) is 5.11 Å². The van der Waals surface area contributed by atoms with E-state index >= 15 is 0 Å². The first-order valence-electron chi connectivity index (χ1n) is 6.94. The molecule has 4 heteroatoms. The van der Waals surface area contributed by atoms with E-state index < -0.39 is 5.82 Å². The van der Waals surface area contributed by atoms with Gasteiger partial charge < -0.3 is 10.4 Å². The molecule has 100 valence electrons. The Morgan fingerprint density at radius 1 is 1.26 bits per heavy atom. The van der Waals surface area contributed by atoms with Crippen LogP contribution in [0.1, 0.15) is 29.6 Å². The van der Waals surface area contributed by atoms with Crippen molar-refractivity contribution in [1.82, 2.24) is 5.32 Å². The molecule has 1 aromatic carbocycles. The van der Waals surface area contributed by atoms with E-state index in [9.17, 15) is 9.18 Å². The van der Waals surface area contributed by atoms with E-state index in [0.29, 0.717) is 11.8 Å². The van der Waals surface area contributed by atoms with E-state index in [1.54, 1.807) is 0 Å². The quantitative estimate of drug-likeness (QED) is 0.858. The van der Waals surface area contributed by atoms with Crippen molar-refractivity contribution in [2.24, 2.45) is 23.7 Å². The summed E-state index contributed by atoms with van der Waals surface area (Å²) in [4.78, 5) is 12.1. The summed E-state index contributed by atoms with van der Waals surface area (Å²) in [5.41, 5.74) is 0.0233. The first kappa shape index (κ1) is 11.3. The second-order valence-corrected chi connectivity index (χ2v) is 6.15. The third-order valence-corrected chi connectivity index (χ3v) is 5.23. The minimum atomic E-state index is -0.661. The molecular weight excluding hydrogens is 245 g/mol. The molecule has 3 fully saturated rings. The number of carbonyl (C=O) groups excluding carboxylic acids is 1. The van der Waals surface area contributed by atoms with Crippen LogP contribution in [0.25, 0.3) is 0 Å². The van der Waals surface area contributed by atoms with Gasteiger partial charge in [-0.2, -0.15) is 0 Å². The van der Waals surface area contributed by atoms with Gasteiger partial charge in [0.2, 0.25) is 0 Å². The lowest BCUT2D eigenvalue weighted by Gasteiger charge is -2.11. The molecule has 0 saturated heterocycles. The Hall–Kier alpha value is -1.58. The summed E-state index contributed by atoms with van der Waals surface area (Å²) in [6, 6.07) is 3.92. The zero-order valence-electron chi connectivity index (χ0n) is 10.5. The molecule has 0 aromatic heterocycles. The lowest BCUT2D eigenvalue weighted by molar-refractivity contribution is 0.0940. The molecule has 3 aliphatic rings. The van der Waals surface area contributed by atoms with Gasteiger partial charge in [-0.1, -0.05) is 0 Å². The van der Waals surface area contributed by atoms with E-state index in [0.717, 1.165) is 17.9 Å². The lowest BCUT2D eigenvalue weighted by atomic mass is 10.0. The minimum Gasteiger partial charge on any atom is -0.508 e. The predicted octanol–water partition coefficient (Wildman–Crippen LogP) is 2.31. The number of carbonyl (C=O) groups is 1. The molecule has 3 nitrogen and oxygen atoms in total. The van der Waals surface area contributed by atoms with Gasteiger partial charge in [0, 0.05) is 12.1 Å². The van der Waals surface area contributed by atoms with E-state index in [1.807, 2.05) is 0 Å². The van der Waals surface area contributed by atoms with Gasteiger partial charge in [-0.25, -0.2) is 4.39 Å². The number of rotatable bonds is 2. The largest absolute Gasteiger partial charge is 0.508 e. The molecule has 0 spiro atoms. The number of nitrogens with one attached hydrogen (secondary N) is 1. The highest BCUT2D eigenvalue weighted by Gasteiger charge is 2.65. The number of phenols is 1. The fourth-order valence-corrected chi connectivity index (χ4v) is 4.44. The maximum Gasteiger partial charge on any atom is 0.254 e. The number of amides is 1. The fraction of sp³-hybridized carbons (Fsp3) is 0.533. The maximum atomic E-state index is 13.6. The Balaban J connectivity index is 1.48. The number of halogens is 1. The van der Waals surface area contributed by atoms with Gasteiger partial charge >= 0.3 is 0 Å². The van der Waals surface area contributed by atoms with Crippen LogP contribution in [0.2, 0.25) is 0 Å². The molecule has 19 heavy (non-hydrogen) atoms. The summed E-state index contributed by atoms with van der Waals surface area (Å²) in [6.07, 6.45) is 3.92. The van der Waals surface area contributed by atoms with Crippen molar-refractivity contribution < 1.29 is 14.3 Å². The first-order chi connectivity index (χ1) is 9.15. The number of hydrogen-bond donors (Lipinski definition) is 2. The second-order valence-electron chi connectivity index (χ2n) is 6.15. The van der Waals surface area contributed by atoms with Crippen LogP contribution in [-0.2, 0) is 0 Å². The highest BCUT2D eigenvalue weighted by Crippen LogP contribution is 2.65. The Kier molecular flexibility index (Phi) is 2.20. The zero-order valence-corrected chi connectivity index (χ0v) is 10.5. The molecule has 1 aromatic rings. The molecule has 0 heterocycles. The predicted molar refractivity (Wildman–Crippen MR) is 67.1 cm³/mol. The Morgan fingerprint density at radius 2 is 1.95 bits per heavy atom. The highest BCUT2D eigenvalue weighted by molar-refractivity contribution is 5.95. The average Bonchev–Trinajstić information content (AvgIpc) is 2.78. The number of hydrogen-bond acceptors (Lipinski definition) is 2. The van der Waals surface area contributed by atoms with E-state index in [1.165, 1.54) is 31.4 Å². The molecule has 3 saturated carbocycles. The Morgan fingerprint density at radius 3 is 2.58 bits per heavy atom. The molecular formula is C15H16FNO2. The lowest BCUT2D eigenvalue weighted by Crippen LogP contribution is -2.30. The minimum absolute atomic E-state index is 0.0233. The van der Waals surface area contributed by atoms with Crippen molar-refractivity contribution in [1.29, 1.82) is 0 Å². The van der Waals surface area contributed by atoms with Crippen molar-refractivity contribution in [3.05, 3.63) is 29.6 Å². The van der Waals surface area contributed by atoms with Crippen LogP contribution in [0.5, 0.6) is 5.75 Å². The van der Waals surface area contributed by atoms with Gasteiger partial charge in [0.15, 0.2) is 0 Å². The van der Waals surface area contributed by atoms with E-state index in [2.05, 4.69) is 5.32 Å². The molecule has 0 aliphatic heterocycles. The summed E-state index contributed by atoms with van der Waals surface area (Å²) in [5, 5.41) is 12.1. The number of phenolic OH excluding ortho intramolecular Hbond substituents is 1. The number of aromatic hydroxyl groups is 1. The molecule has 3 aliphatic carbocycles. The SMILES string of the molecule is O=C(NC1C2C3CCC(C3)C12)c1ccc(O)cc1F. The van der Waals surface area contributed by atoms with Gasteiger partial charge in [0.05, 0.1) is 5.56 Å². The molecule has 0 radical (unpaired) electrons. The van der Waals surface area contributed by atoms with Crippen molar-refractivity contribution in [2.45, 2.75) is 25.3 Å². The first-order valence-corrected chi connectivity index (χ1v) is 6.94. The van der Waals surface area contributed by atoms with Crippen LogP contribution in [-0.4, -0.2) is 17.1 Å². The number of fused-ring (bicyclic) bond motifs is 5. The third kappa shape index (κ3) is 1.58. The Bertz CT molecular complexity index is 543. The number of benzene rings is 1. The normalized spacial score (nSPS) is 38.1. The molecule has 4 unspecified atom stereocenters. The monoisotopic (exact) mass is 261 g/mol. The molecule has 4 atom stereocenters. The summed E-state index contributed by atoms with van der Waals surface area (Å²) in [7, 11) is 0. The fourth-order valence-electron chi connectivity index (χ4n) is 4.44. The van der Waals surface area contributed by atoms with Crippen molar-refractivity contribution >= 4 is 5.91 Å². The van der Waals surface area contributed by atoms with Crippen LogP contribution in [0.4, 0.5) is 4.39 Å². The topological polar surface area (TPSA) is 49.3 Å². The van der Waals surface area contributed by atoms with E-state index in [-0.39, 0.29) is 23.3 Å². The van der Waals surface area contributed by atoms with Gasteiger partial charge in [-0.05, 0) is 55.1 Å². The van der Waals surface area contributed by atoms with Crippen LogP contribution in [0.3, 0.4) is 0 Å². The molecule has 2 N–H and O–H groups in total. The van der Waals surface area contributed by atoms with Crippen molar-refractivity contribution in [2.75, 3.05) is 0 Å². The standard InChI is InChI=1S/C15H16FNO2/c16-11-6-9(18)3-4-10(11)15(19)17-14-12-7-1-2-8(5-7)13(12)14/h3-4,6-8,12-14,18H,1-2,5H2,(H,17,19). The summed E-state index contributed by atoms with van der Waals surface area (Å²) in [6.45, 7) is 0. The summed E-state index contributed by atoms with van der Waals surface area (Å²) >= 11 is 0. The second kappa shape index (κ2) is 3.71. The maximum absolute atomic E-state index is 13.6. The molecule has 1 amide bonds. The molecule has 2 bridgehead atoms. The average molecular weight is 261 g/mol. The smallest absolute Gasteiger partial charge is 0.254 e. The van der Waals surface area contributed by atoms with Crippen LogP contribution >= 0.6 is 0 Å². The van der Waals surface area contributed by atoms with Crippen molar-refractivity contribution in [3.63, 3.8) is 0 Å². The van der Waals surface area contributed by atoms with Gasteiger partial charge in [0.1, 0.15) is 11.6 Å².